The van der Waals surface area contributed by atoms with Crippen molar-refractivity contribution < 1.29 is 4.79 Å². The van der Waals surface area contributed by atoms with Crippen LogP contribution in [0.5, 0.6) is 0 Å². The lowest BCUT2D eigenvalue weighted by atomic mass is 9.92. The van der Waals surface area contributed by atoms with Gasteiger partial charge in [0.2, 0.25) is 0 Å². The minimum atomic E-state index is 0.0198. The van der Waals surface area contributed by atoms with Crippen molar-refractivity contribution in [1.82, 2.24) is 14.9 Å². The first-order valence-electron chi connectivity index (χ1n) is 6.89. The fourth-order valence-electron chi connectivity index (χ4n) is 2.76. The number of hydrogen-bond donors (Lipinski definition) is 1. The highest BCUT2D eigenvalue weighted by atomic mass is 32.1. The fraction of sp³-hybridized carbons (Fsp3) is 0.500. The van der Waals surface area contributed by atoms with E-state index in [1.54, 1.807) is 12.4 Å². The number of piperidine rings is 1. The molecule has 106 valence electrons. The second-order valence-electron chi connectivity index (χ2n) is 5.41. The van der Waals surface area contributed by atoms with Crippen molar-refractivity contribution in [1.29, 1.82) is 0 Å². The average molecular weight is 290 g/mol. The van der Waals surface area contributed by atoms with Gasteiger partial charge in [0.05, 0.1) is 5.69 Å². The molecule has 0 radical (unpaired) electrons. The number of nitrogens with two attached hydrogens (primary N) is 1. The predicted molar refractivity (Wildman–Crippen MR) is 80.7 cm³/mol. The van der Waals surface area contributed by atoms with Crippen LogP contribution >= 0.6 is 11.3 Å². The molecule has 0 bridgehead atoms. The number of anilines is 1. The number of amides is 1. The SMILES string of the molecule is CC1CCCN(C(=O)c2sc3nccnc3c2N)C1C. The number of rotatable bonds is 1. The van der Waals surface area contributed by atoms with Gasteiger partial charge in [0.25, 0.3) is 5.91 Å². The van der Waals surface area contributed by atoms with Crippen LogP contribution in [0.1, 0.15) is 36.4 Å². The Morgan fingerprint density at radius 2 is 2.15 bits per heavy atom. The van der Waals surface area contributed by atoms with Crippen LogP contribution in [0.2, 0.25) is 0 Å². The van der Waals surface area contributed by atoms with Crippen molar-refractivity contribution in [3.63, 3.8) is 0 Å². The van der Waals surface area contributed by atoms with E-state index in [1.807, 2.05) is 4.90 Å². The molecule has 2 atom stereocenters. The van der Waals surface area contributed by atoms with E-state index in [4.69, 9.17) is 5.73 Å². The molecule has 2 unspecified atom stereocenters. The molecule has 2 aromatic rings. The molecule has 2 aromatic heterocycles. The van der Waals surface area contributed by atoms with Gasteiger partial charge in [-0.1, -0.05) is 6.92 Å². The topological polar surface area (TPSA) is 72.1 Å². The Bertz CT molecular complexity index is 654. The smallest absolute Gasteiger partial charge is 0.266 e. The van der Waals surface area contributed by atoms with Crippen LogP contribution in [-0.2, 0) is 0 Å². The number of hydrogen-bond acceptors (Lipinski definition) is 5. The van der Waals surface area contributed by atoms with Crippen LogP contribution in [0, 0.1) is 5.92 Å². The maximum Gasteiger partial charge on any atom is 0.266 e. The lowest BCUT2D eigenvalue weighted by molar-refractivity contribution is 0.0557. The lowest BCUT2D eigenvalue weighted by Gasteiger charge is -2.37. The Balaban J connectivity index is 1.98. The Labute approximate surface area is 121 Å². The zero-order valence-corrected chi connectivity index (χ0v) is 12.5. The van der Waals surface area contributed by atoms with Crippen molar-refractivity contribution >= 4 is 33.3 Å². The van der Waals surface area contributed by atoms with Gasteiger partial charge in [-0.3, -0.25) is 4.79 Å². The van der Waals surface area contributed by atoms with Gasteiger partial charge in [0, 0.05) is 25.0 Å². The third-order valence-electron chi connectivity index (χ3n) is 4.19. The van der Waals surface area contributed by atoms with Crippen LogP contribution in [0.15, 0.2) is 12.4 Å². The van der Waals surface area contributed by atoms with Crippen molar-refractivity contribution in [3.05, 3.63) is 17.3 Å². The summed E-state index contributed by atoms with van der Waals surface area (Å²) in [5, 5.41) is 0. The average Bonchev–Trinajstić information content (AvgIpc) is 2.79. The molecule has 1 amide bonds. The second-order valence-corrected chi connectivity index (χ2v) is 6.41. The second kappa shape index (κ2) is 5.01. The van der Waals surface area contributed by atoms with Gasteiger partial charge >= 0.3 is 0 Å². The number of thiophene rings is 1. The molecule has 0 spiro atoms. The molecular formula is C14H18N4OS. The number of nitrogen functional groups attached to an aromatic ring is 1. The monoisotopic (exact) mass is 290 g/mol. The van der Waals surface area contributed by atoms with Gasteiger partial charge < -0.3 is 10.6 Å². The van der Waals surface area contributed by atoms with Gasteiger partial charge in [-0.2, -0.15) is 0 Å². The molecule has 6 heteroatoms. The van der Waals surface area contributed by atoms with E-state index < -0.39 is 0 Å². The number of nitrogens with zero attached hydrogens (tertiary/aromatic N) is 3. The highest BCUT2D eigenvalue weighted by molar-refractivity contribution is 7.21. The molecule has 2 N–H and O–H groups in total. The van der Waals surface area contributed by atoms with Crippen LogP contribution in [0.4, 0.5) is 5.69 Å². The molecule has 5 nitrogen and oxygen atoms in total. The van der Waals surface area contributed by atoms with Crippen molar-refractivity contribution in [2.75, 3.05) is 12.3 Å². The number of likely N-dealkylation sites (tertiary alicyclic amines) is 1. The van der Waals surface area contributed by atoms with Crippen LogP contribution in [0.25, 0.3) is 10.3 Å². The zero-order valence-electron chi connectivity index (χ0n) is 11.7. The molecule has 1 saturated heterocycles. The van der Waals surface area contributed by atoms with E-state index in [0.717, 1.165) is 17.8 Å². The molecular weight excluding hydrogens is 272 g/mol. The summed E-state index contributed by atoms with van der Waals surface area (Å²) in [6.07, 6.45) is 5.46. The lowest BCUT2D eigenvalue weighted by Crippen LogP contribution is -2.45. The van der Waals surface area contributed by atoms with E-state index in [0.29, 0.717) is 22.0 Å². The normalized spacial score (nSPS) is 23.2. The van der Waals surface area contributed by atoms with E-state index in [9.17, 15) is 4.79 Å². The van der Waals surface area contributed by atoms with Crippen molar-refractivity contribution in [2.45, 2.75) is 32.7 Å². The Hall–Kier alpha value is -1.69. The zero-order chi connectivity index (χ0) is 14.3. The summed E-state index contributed by atoms with van der Waals surface area (Å²) in [5.74, 6) is 0.547. The molecule has 0 aromatic carbocycles. The minimum absolute atomic E-state index is 0.0198. The van der Waals surface area contributed by atoms with Crippen LogP contribution in [0.3, 0.4) is 0 Å². The maximum atomic E-state index is 12.7. The van der Waals surface area contributed by atoms with Gasteiger partial charge in [-0.25, -0.2) is 9.97 Å². The van der Waals surface area contributed by atoms with Crippen LogP contribution < -0.4 is 5.73 Å². The summed E-state index contributed by atoms with van der Waals surface area (Å²) >= 11 is 1.34. The Morgan fingerprint density at radius 3 is 2.90 bits per heavy atom. The maximum absolute atomic E-state index is 12.7. The summed E-state index contributed by atoms with van der Waals surface area (Å²) in [4.78, 5) is 24.4. The number of aromatic nitrogens is 2. The van der Waals surface area contributed by atoms with E-state index >= 15 is 0 Å². The Kier molecular flexibility index (Phi) is 3.33. The summed E-state index contributed by atoms with van der Waals surface area (Å²) in [7, 11) is 0. The largest absolute Gasteiger partial charge is 0.396 e. The molecule has 3 rings (SSSR count). The quantitative estimate of drug-likeness (QED) is 0.876. The van der Waals surface area contributed by atoms with Crippen molar-refractivity contribution in [3.8, 4) is 0 Å². The fourth-order valence-corrected chi connectivity index (χ4v) is 3.73. The van der Waals surface area contributed by atoms with E-state index in [2.05, 4.69) is 23.8 Å². The molecule has 1 aliphatic rings. The molecule has 20 heavy (non-hydrogen) atoms. The number of carbonyl (C=O) groups excluding carboxylic acids is 1. The predicted octanol–water partition coefficient (Wildman–Crippen LogP) is 2.53. The highest BCUT2D eigenvalue weighted by Crippen LogP contribution is 2.33. The van der Waals surface area contributed by atoms with Gasteiger partial charge in [-0.15, -0.1) is 11.3 Å². The van der Waals surface area contributed by atoms with Crippen LogP contribution in [-0.4, -0.2) is 33.4 Å². The number of fused-ring (bicyclic) bond motifs is 1. The molecule has 1 aliphatic heterocycles. The van der Waals surface area contributed by atoms with Gasteiger partial charge in [0.15, 0.2) is 0 Å². The minimum Gasteiger partial charge on any atom is -0.396 e. The summed E-state index contributed by atoms with van der Waals surface area (Å²) in [5.41, 5.74) is 7.19. The molecule has 1 fully saturated rings. The standard InChI is InChI=1S/C14H18N4OS/c1-8-4-3-7-18(9(8)2)14(19)12-10(15)11-13(20-12)17-6-5-16-11/h5-6,8-9H,3-4,7,15H2,1-2H3. The first kappa shape index (κ1) is 13.3. The highest BCUT2D eigenvalue weighted by Gasteiger charge is 2.31. The molecule has 3 heterocycles. The first-order valence-corrected chi connectivity index (χ1v) is 7.71. The van der Waals surface area contributed by atoms with E-state index in [1.165, 1.54) is 17.8 Å². The van der Waals surface area contributed by atoms with E-state index in [-0.39, 0.29) is 11.9 Å². The Morgan fingerprint density at radius 1 is 1.40 bits per heavy atom. The van der Waals surface area contributed by atoms with Gasteiger partial charge in [-0.05, 0) is 25.7 Å². The summed E-state index contributed by atoms with van der Waals surface area (Å²) in [6, 6.07) is 0.252. The third-order valence-corrected chi connectivity index (χ3v) is 5.28. The first-order chi connectivity index (χ1) is 9.59. The molecule has 0 saturated carbocycles. The third kappa shape index (κ3) is 2.04. The van der Waals surface area contributed by atoms with Gasteiger partial charge in [0.1, 0.15) is 15.2 Å². The summed E-state index contributed by atoms with van der Waals surface area (Å²) in [6.45, 7) is 5.11. The van der Waals surface area contributed by atoms with Crippen molar-refractivity contribution in [2.24, 2.45) is 5.92 Å². The number of carbonyl (C=O) groups is 1. The molecule has 0 aliphatic carbocycles. The summed E-state index contributed by atoms with van der Waals surface area (Å²) < 4.78 is 0.